The van der Waals surface area contributed by atoms with E-state index in [0.29, 0.717) is 5.70 Å². The van der Waals surface area contributed by atoms with Gasteiger partial charge in [0, 0.05) is 31.9 Å². The molecule has 0 radical (unpaired) electrons. The maximum atomic E-state index is 12.9. The molecule has 1 N–H and O–H groups in total. The number of nitrogens with zero attached hydrogens (tertiary/aromatic N) is 2. The minimum atomic E-state index is 0.108. The molecular weight excluding hydrogens is 286 g/mol. The number of Topliss-reactive ketones (excluding diaryl/α,β-unsaturated/α-hetero) is 1. The van der Waals surface area contributed by atoms with Crippen LogP contribution < -0.4 is 5.32 Å². The number of benzene rings is 1. The van der Waals surface area contributed by atoms with Crippen LogP contribution in [0.5, 0.6) is 0 Å². The highest BCUT2D eigenvalue weighted by molar-refractivity contribution is 6.10. The summed E-state index contributed by atoms with van der Waals surface area (Å²) in [5, 5.41) is 3.08. The first-order valence-electron chi connectivity index (χ1n) is 8.09. The monoisotopic (exact) mass is 307 g/mol. The Hall–Kier alpha value is -2.33. The lowest BCUT2D eigenvalue weighted by Crippen LogP contribution is -2.36. The number of nitrogens with one attached hydrogen (secondary N) is 1. The van der Waals surface area contributed by atoms with Crippen molar-refractivity contribution < 1.29 is 4.79 Å². The van der Waals surface area contributed by atoms with E-state index in [1.807, 2.05) is 25.2 Å². The summed E-state index contributed by atoms with van der Waals surface area (Å²) in [5.74, 6) is 0.108. The van der Waals surface area contributed by atoms with E-state index in [9.17, 15) is 4.79 Å². The second kappa shape index (κ2) is 5.39. The predicted molar refractivity (Wildman–Crippen MR) is 90.5 cm³/mol. The minimum Gasteiger partial charge on any atom is -0.385 e. The van der Waals surface area contributed by atoms with Crippen molar-refractivity contribution in [1.82, 2.24) is 14.8 Å². The average molecular weight is 307 g/mol. The molecule has 0 saturated carbocycles. The summed E-state index contributed by atoms with van der Waals surface area (Å²) in [4.78, 5) is 15.2. The molecule has 4 nitrogen and oxygen atoms in total. The number of carbonyl (C=O) groups excluding carboxylic acids is 1. The minimum absolute atomic E-state index is 0.108. The van der Waals surface area contributed by atoms with Crippen LogP contribution >= 0.6 is 0 Å². The lowest BCUT2D eigenvalue weighted by Gasteiger charge is -2.34. The van der Waals surface area contributed by atoms with Crippen LogP contribution in [0.3, 0.4) is 0 Å². The Labute approximate surface area is 136 Å². The summed E-state index contributed by atoms with van der Waals surface area (Å²) in [6, 6.07) is 10.5. The van der Waals surface area contributed by atoms with E-state index in [2.05, 4.69) is 46.2 Å². The van der Waals surface area contributed by atoms with Crippen molar-refractivity contribution in [2.75, 3.05) is 20.6 Å². The van der Waals surface area contributed by atoms with Gasteiger partial charge < -0.3 is 9.88 Å². The van der Waals surface area contributed by atoms with Crippen LogP contribution in [0.2, 0.25) is 0 Å². The van der Waals surface area contributed by atoms with Gasteiger partial charge in [-0.1, -0.05) is 30.3 Å². The molecule has 0 bridgehead atoms. The van der Waals surface area contributed by atoms with Crippen LogP contribution in [-0.4, -0.2) is 35.9 Å². The molecular formula is C19H21N3O. The summed E-state index contributed by atoms with van der Waals surface area (Å²) in [5.41, 5.74) is 5.30. The van der Waals surface area contributed by atoms with Gasteiger partial charge in [-0.15, -0.1) is 0 Å². The summed E-state index contributed by atoms with van der Waals surface area (Å²) < 4.78 is 2.14. The van der Waals surface area contributed by atoms with Gasteiger partial charge in [0.05, 0.1) is 17.4 Å². The molecule has 118 valence electrons. The van der Waals surface area contributed by atoms with Gasteiger partial charge in [0.1, 0.15) is 0 Å². The van der Waals surface area contributed by atoms with Crippen molar-refractivity contribution in [3.05, 3.63) is 70.7 Å². The average Bonchev–Trinajstić information content (AvgIpc) is 2.93. The zero-order valence-electron chi connectivity index (χ0n) is 13.5. The number of allylic oxidation sites excluding steroid dienone is 1. The highest BCUT2D eigenvalue weighted by Gasteiger charge is 2.36. The Morgan fingerprint density at radius 1 is 1.26 bits per heavy atom. The number of rotatable bonds is 3. The molecule has 0 saturated heterocycles. The van der Waals surface area contributed by atoms with Gasteiger partial charge in [-0.2, -0.15) is 0 Å². The molecule has 1 atom stereocenters. The van der Waals surface area contributed by atoms with E-state index >= 15 is 0 Å². The largest absolute Gasteiger partial charge is 0.385 e. The van der Waals surface area contributed by atoms with Crippen LogP contribution in [-0.2, 0) is 13.0 Å². The second-order valence-electron chi connectivity index (χ2n) is 6.37. The van der Waals surface area contributed by atoms with Crippen molar-refractivity contribution in [3.63, 3.8) is 0 Å². The van der Waals surface area contributed by atoms with Gasteiger partial charge in [0.2, 0.25) is 5.78 Å². The Kier molecular flexibility index (Phi) is 3.34. The quantitative estimate of drug-likeness (QED) is 0.946. The van der Waals surface area contributed by atoms with Gasteiger partial charge >= 0.3 is 0 Å². The highest BCUT2D eigenvalue weighted by Crippen LogP contribution is 2.38. The molecule has 0 amide bonds. The van der Waals surface area contributed by atoms with Crippen molar-refractivity contribution in [3.8, 4) is 0 Å². The molecule has 4 rings (SSSR count). The number of ketones is 1. The molecule has 4 heteroatoms. The standard InChI is InChI=1S/C19H21N3O/c1-20-15-10-16-17-14(8-9-21(16)2)12-22(18(17)19(15)23)11-13-6-4-3-5-7-13/h3-7,10,12,16,20H,8-9,11H2,1-2H3. The fourth-order valence-electron chi connectivity index (χ4n) is 3.74. The van der Waals surface area contributed by atoms with E-state index in [4.69, 9.17) is 0 Å². The van der Waals surface area contributed by atoms with E-state index < -0.39 is 0 Å². The summed E-state index contributed by atoms with van der Waals surface area (Å²) in [6.45, 7) is 1.76. The first kappa shape index (κ1) is 14.3. The molecule has 1 aliphatic carbocycles. The molecule has 0 spiro atoms. The molecule has 23 heavy (non-hydrogen) atoms. The van der Waals surface area contributed by atoms with Gasteiger partial charge in [-0.05, 0) is 30.7 Å². The maximum Gasteiger partial charge on any atom is 0.225 e. The molecule has 1 aromatic carbocycles. The van der Waals surface area contributed by atoms with Crippen molar-refractivity contribution in [1.29, 1.82) is 0 Å². The third kappa shape index (κ3) is 2.21. The first-order chi connectivity index (χ1) is 11.2. The fourth-order valence-corrected chi connectivity index (χ4v) is 3.74. The molecule has 1 aliphatic heterocycles. The van der Waals surface area contributed by atoms with E-state index in [1.54, 1.807) is 0 Å². The number of hydrogen-bond acceptors (Lipinski definition) is 3. The Morgan fingerprint density at radius 3 is 2.78 bits per heavy atom. The first-order valence-corrected chi connectivity index (χ1v) is 8.09. The lowest BCUT2D eigenvalue weighted by atomic mass is 9.88. The van der Waals surface area contributed by atoms with Crippen LogP contribution in [0.1, 0.15) is 33.2 Å². The van der Waals surface area contributed by atoms with Crippen molar-refractivity contribution >= 4 is 5.78 Å². The molecule has 1 unspecified atom stereocenters. The van der Waals surface area contributed by atoms with Crippen LogP contribution in [0.25, 0.3) is 0 Å². The lowest BCUT2D eigenvalue weighted by molar-refractivity contribution is 0.100. The summed E-state index contributed by atoms with van der Waals surface area (Å²) >= 11 is 0. The van der Waals surface area contributed by atoms with Crippen molar-refractivity contribution in [2.24, 2.45) is 0 Å². The smallest absolute Gasteiger partial charge is 0.225 e. The topological polar surface area (TPSA) is 37.3 Å². The predicted octanol–water partition coefficient (Wildman–Crippen LogP) is 2.37. The third-order valence-electron chi connectivity index (χ3n) is 4.95. The Balaban J connectivity index is 1.83. The SMILES string of the molecule is CNC1=CC2c3c(cn(Cc4ccccc4)c3C1=O)CCN2C. The molecule has 2 aliphatic rings. The van der Waals surface area contributed by atoms with E-state index in [-0.39, 0.29) is 11.8 Å². The third-order valence-corrected chi connectivity index (χ3v) is 4.95. The summed E-state index contributed by atoms with van der Waals surface area (Å²) in [6.07, 6.45) is 5.26. The fraction of sp³-hybridized carbons (Fsp3) is 0.316. The zero-order chi connectivity index (χ0) is 16.0. The second-order valence-corrected chi connectivity index (χ2v) is 6.37. The molecule has 1 aromatic heterocycles. The van der Waals surface area contributed by atoms with E-state index in [1.165, 1.54) is 16.7 Å². The molecule has 2 aromatic rings. The van der Waals surface area contributed by atoms with Gasteiger partial charge in [-0.3, -0.25) is 9.69 Å². The number of hydrogen-bond donors (Lipinski definition) is 1. The molecule has 0 fully saturated rings. The van der Waals surface area contributed by atoms with Crippen LogP contribution in [0, 0.1) is 0 Å². The normalized spacial score (nSPS) is 20.2. The van der Waals surface area contributed by atoms with Gasteiger partial charge in [-0.25, -0.2) is 0 Å². The Bertz CT molecular complexity index is 788. The van der Waals surface area contributed by atoms with Crippen molar-refractivity contribution in [2.45, 2.75) is 19.0 Å². The van der Waals surface area contributed by atoms with Gasteiger partial charge in [0.15, 0.2) is 0 Å². The van der Waals surface area contributed by atoms with E-state index in [0.717, 1.165) is 25.2 Å². The highest BCUT2D eigenvalue weighted by atomic mass is 16.1. The molecule has 2 heterocycles. The maximum absolute atomic E-state index is 12.9. The summed E-state index contributed by atoms with van der Waals surface area (Å²) in [7, 11) is 3.95. The zero-order valence-corrected chi connectivity index (χ0v) is 13.5. The number of carbonyl (C=O) groups is 1. The number of aromatic nitrogens is 1. The number of likely N-dealkylation sites (N-methyl/N-ethyl adjacent to an activating group) is 2. The van der Waals surface area contributed by atoms with Crippen LogP contribution in [0.15, 0.2) is 48.3 Å². The van der Waals surface area contributed by atoms with Crippen LogP contribution in [0.4, 0.5) is 0 Å². The van der Waals surface area contributed by atoms with Gasteiger partial charge in [0.25, 0.3) is 0 Å². The Morgan fingerprint density at radius 2 is 2.04 bits per heavy atom.